The number of fused-ring (bicyclic) bond motifs is 1. The number of aromatic nitrogens is 1. The second-order valence-electron chi connectivity index (χ2n) is 3.82. The molecule has 6 nitrogen and oxygen atoms in total. The monoisotopic (exact) mass is 263 g/mol. The van der Waals surface area contributed by atoms with Crippen LogP contribution in [0.3, 0.4) is 0 Å². The van der Waals surface area contributed by atoms with Crippen LogP contribution in [0.15, 0.2) is 23.0 Å². The second kappa shape index (κ2) is 5.01. The summed E-state index contributed by atoms with van der Waals surface area (Å²) in [4.78, 5) is 25.5. The van der Waals surface area contributed by atoms with Crippen LogP contribution in [0, 0.1) is 0 Å². The van der Waals surface area contributed by atoms with E-state index in [0.717, 1.165) is 0 Å². The fourth-order valence-corrected chi connectivity index (χ4v) is 1.80. The van der Waals surface area contributed by atoms with Crippen molar-refractivity contribution in [1.82, 2.24) is 4.98 Å². The summed E-state index contributed by atoms with van der Waals surface area (Å²) in [5.74, 6) is 0.0892. The summed E-state index contributed by atoms with van der Waals surface area (Å²) in [6.07, 6.45) is 0. The Bertz CT molecular complexity index is 689. The molecule has 1 N–H and O–H groups in total. The molecule has 0 spiro atoms. The molecule has 1 heterocycles. The molecule has 1 aromatic carbocycles. The Balaban J connectivity index is 2.75. The largest absolute Gasteiger partial charge is 0.497 e. The highest BCUT2D eigenvalue weighted by atomic mass is 16.6. The van der Waals surface area contributed by atoms with E-state index in [4.69, 9.17) is 14.2 Å². The summed E-state index contributed by atoms with van der Waals surface area (Å²) in [7, 11) is 2.94. The molecule has 2 aromatic rings. The zero-order chi connectivity index (χ0) is 14.0. The number of hydrogen-bond acceptors (Lipinski definition) is 5. The lowest BCUT2D eigenvalue weighted by molar-refractivity contribution is -0.132. The van der Waals surface area contributed by atoms with Crippen molar-refractivity contribution in [3.63, 3.8) is 0 Å². The standard InChI is InChI=1S/C13H13NO5/c1-7(15)19-12-11(18-3)9-5-4-8(17-2)6-10(9)14-13(12)16/h4-6H,1-3H3,(H,14,16). The number of benzene rings is 1. The summed E-state index contributed by atoms with van der Waals surface area (Å²) < 4.78 is 15.2. The van der Waals surface area contributed by atoms with Gasteiger partial charge in [-0.05, 0) is 12.1 Å². The summed E-state index contributed by atoms with van der Waals surface area (Å²) in [5.41, 5.74) is 0.00454. The van der Waals surface area contributed by atoms with Crippen LogP contribution in [0.2, 0.25) is 0 Å². The van der Waals surface area contributed by atoms with E-state index in [1.807, 2.05) is 0 Å². The molecule has 0 amide bonds. The number of methoxy groups -OCH3 is 2. The van der Waals surface area contributed by atoms with Gasteiger partial charge in [0.15, 0.2) is 5.75 Å². The Hall–Kier alpha value is -2.50. The summed E-state index contributed by atoms with van der Waals surface area (Å²) in [5, 5.41) is 0.624. The van der Waals surface area contributed by atoms with Gasteiger partial charge in [-0.2, -0.15) is 0 Å². The lowest BCUT2D eigenvalue weighted by Gasteiger charge is -2.11. The van der Waals surface area contributed by atoms with E-state index in [1.165, 1.54) is 21.1 Å². The number of aromatic amines is 1. The number of carbonyl (C=O) groups is 1. The third-order valence-corrected chi connectivity index (χ3v) is 2.58. The van der Waals surface area contributed by atoms with Crippen LogP contribution >= 0.6 is 0 Å². The fraction of sp³-hybridized carbons (Fsp3) is 0.231. The van der Waals surface area contributed by atoms with E-state index >= 15 is 0 Å². The average molecular weight is 263 g/mol. The normalized spacial score (nSPS) is 10.3. The number of rotatable bonds is 3. The fourth-order valence-electron chi connectivity index (χ4n) is 1.80. The molecule has 0 aliphatic carbocycles. The molecule has 2 rings (SSSR count). The molecule has 0 fully saturated rings. The van der Waals surface area contributed by atoms with Gasteiger partial charge in [0, 0.05) is 18.4 Å². The van der Waals surface area contributed by atoms with Crippen molar-refractivity contribution in [3.8, 4) is 17.2 Å². The molecule has 100 valence electrons. The van der Waals surface area contributed by atoms with Gasteiger partial charge in [0.2, 0.25) is 5.75 Å². The SMILES string of the molecule is COc1ccc2c(OC)c(OC(C)=O)c(=O)[nH]c2c1. The van der Waals surface area contributed by atoms with Gasteiger partial charge in [0.25, 0.3) is 5.56 Å². The van der Waals surface area contributed by atoms with Crippen LogP contribution in [0.4, 0.5) is 0 Å². The highest BCUT2D eigenvalue weighted by Gasteiger charge is 2.16. The summed E-state index contributed by atoms with van der Waals surface area (Å²) in [6.45, 7) is 1.22. The predicted octanol–water partition coefficient (Wildman–Crippen LogP) is 1.47. The molecular formula is C13H13NO5. The van der Waals surface area contributed by atoms with E-state index < -0.39 is 11.5 Å². The zero-order valence-corrected chi connectivity index (χ0v) is 10.8. The minimum Gasteiger partial charge on any atom is -0.497 e. The molecule has 6 heteroatoms. The smallest absolute Gasteiger partial charge is 0.308 e. The van der Waals surface area contributed by atoms with Gasteiger partial charge in [0.1, 0.15) is 5.75 Å². The van der Waals surface area contributed by atoms with Crippen LogP contribution in [-0.2, 0) is 4.79 Å². The van der Waals surface area contributed by atoms with Crippen molar-refractivity contribution in [1.29, 1.82) is 0 Å². The van der Waals surface area contributed by atoms with Crippen molar-refractivity contribution in [3.05, 3.63) is 28.6 Å². The predicted molar refractivity (Wildman–Crippen MR) is 69.0 cm³/mol. The molecule has 1 aromatic heterocycles. The van der Waals surface area contributed by atoms with Crippen molar-refractivity contribution in [2.24, 2.45) is 0 Å². The Kier molecular flexibility index (Phi) is 3.41. The van der Waals surface area contributed by atoms with Gasteiger partial charge in [-0.25, -0.2) is 0 Å². The third-order valence-electron chi connectivity index (χ3n) is 2.58. The second-order valence-corrected chi connectivity index (χ2v) is 3.82. The third kappa shape index (κ3) is 2.37. The number of hydrogen-bond donors (Lipinski definition) is 1. The van der Waals surface area contributed by atoms with Crippen LogP contribution in [0.1, 0.15) is 6.92 Å². The highest BCUT2D eigenvalue weighted by Crippen LogP contribution is 2.32. The number of pyridine rings is 1. The van der Waals surface area contributed by atoms with Gasteiger partial charge in [0.05, 0.1) is 19.7 Å². The van der Waals surface area contributed by atoms with Gasteiger partial charge in [-0.1, -0.05) is 0 Å². The molecule has 0 aliphatic rings. The first-order valence-corrected chi connectivity index (χ1v) is 5.53. The minimum absolute atomic E-state index is 0.146. The Morgan fingerprint density at radius 1 is 1.16 bits per heavy atom. The maximum Gasteiger partial charge on any atom is 0.308 e. The Labute approximate surface area is 108 Å². The summed E-state index contributed by atoms with van der Waals surface area (Å²) >= 11 is 0. The minimum atomic E-state index is -0.586. The van der Waals surface area contributed by atoms with E-state index in [-0.39, 0.29) is 11.5 Å². The van der Waals surface area contributed by atoms with Gasteiger partial charge >= 0.3 is 5.97 Å². The van der Waals surface area contributed by atoms with Gasteiger partial charge < -0.3 is 19.2 Å². The van der Waals surface area contributed by atoms with Crippen molar-refractivity contribution in [2.75, 3.05) is 14.2 Å². The number of ether oxygens (including phenoxy) is 3. The number of esters is 1. The molecule has 0 unspecified atom stereocenters. The van der Waals surface area contributed by atoms with E-state index in [9.17, 15) is 9.59 Å². The van der Waals surface area contributed by atoms with Crippen molar-refractivity contribution in [2.45, 2.75) is 6.92 Å². The van der Waals surface area contributed by atoms with Gasteiger partial charge in [-0.3, -0.25) is 9.59 Å². The van der Waals surface area contributed by atoms with E-state index in [1.54, 1.807) is 18.2 Å². The van der Waals surface area contributed by atoms with Crippen LogP contribution in [0.5, 0.6) is 17.2 Å². The molecule has 0 radical (unpaired) electrons. The first-order chi connectivity index (χ1) is 9.06. The lowest BCUT2D eigenvalue weighted by Crippen LogP contribution is -2.15. The number of H-pyrrole nitrogens is 1. The first kappa shape index (κ1) is 12.9. The average Bonchev–Trinajstić information content (AvgIpc) is 2.38. The Morgan fingerprint density at radius 2 is 1.89 bits per heavy atom. The zero-order valence-electron chi connectivity index (χ0n) is 10.8. The topological polar surface area (TPSA) is 77.6 Å². The molecule has 0 bridgehead atoms. The first-order valence-electron chi connectivity index (χ1n) is 5.53. The van der Waals surface area contributed by atoms with Crippen molar-refractivity contribution < 1.29 is 19.0 Å². The molecule has 0 aliphatic heterocycles. The van der Waals surface area contributed by atoms with Crippen LogP contribution < -0.4 is 19.8 Å². The molecule has 0 atom stereocenters. The van der Waals surface area contributed by atoms with Gasteiger partial charge in [-0.15, -0.1) is 0 Å². The number of carbonyl (C=O) groups excluding carboxylic acids is 1. The molecular weight excluding hydrogens is 250 g/mol. The maximum absolute atomic E-state index is 11.9. The van der Waals surface area contributed by atoms with Crippen LogP contribution in [0.25, 0.3) is 10.9 Å². The Morgan fingerprint density at radius 3 is 2.47 bits per heavy atom. The summed E-state index contributed by atoms with van der Waals surface area (Å²) in [6, 6.07) is 5.10. The van der Waals surface area contributed by atoms with E-state index in [0.29, 0.717) is 16.7 Å². The van der Waals surface area contributed by atoms with Crippen LogP contribution in [-0.4, -0.2) is 25.2 Å². The van der Waals surface area contributed by atoms with E-state index in [2.05, 4.69) is 4.98 Å². The quantitative estimate of drug-likeness (QED) is 0.848. The lowest BCUT2D eigenvalue weighted by atomic mass is 10.2. The number of nitrogens with one attached hydrogen (secondary N) is 1. The molecule has 0 saturated heterocycles. The molecule has 19 heavy (non-hydrogen) atoms. The highest BCUT2D eigenvalue weighted by molar-refractivity contribution is 5.89. The van der Waals surface area contributed by atoms with Crippen molar-refractivity contribution >= 4 is 16.9 Å². The molecule has 0 saturated carbocycles. The maximum atomic E-state index is 11.9.